The van der Waals surface area contributed by atoms with Crippen molar-refractivity contribution < 1.29 is 27.1 Å². The predicted molar refractivity (Wildman–Crippen MR) is 117 cm³/mol. The second kappa shape index (κ2) is 9.64. The van der Waals surface area contributed by atoms with Gasteiger partial charge in [0.2, 0.25) is 15.9 Å². The van der Waals surface area contributed by atoms with Gasteiger partial charge in [0.25, 0.3) is 0 Å². The Morgan fingerprint density at radius 2 is 1.81 bits per heavy atom. The molecule has 2 aromatic carbocycles. The summed E-state index contributed by atoms with van der Waals surface area (Å²) >= 11 is 5.73. The highest BCUT2D eigenvalue weighted by atomic mass is 35.5. The van der Waals surface area contributed by atoms with E-state index in [2.05, 4.69) is 5.32 Å². The van der Waals surface area contributed by atoms with Crippen molar-refractivity contribution >= 4 is 27.5 Å². The molecule has 1 saturated heterocycles. The van der Waals surface area contributed by atoms with Crippen molar-refractivity contribution in [3.05, 3.63) is 52.8 Å². The lowest BCUT2D eigenvalue weighted by Gasteiger charge is -2.30. The number of halogens is 2. The van der Waals surface area contributed by atoms with Crippen LogP contribution < -0.4 is 14.8 Å². The highest BCUT2D eigenvalue weighted by Crippen LogP contribution is 2.31. The summed E-state index contributed by atoms with van der Waals surface area (Å²) in [6, 6.07) is 9.10. The van der Waals surface area contributed by atoms with Gasteiger partial charge in [0.15, 0.2) is 11.5 Å². The topological polar surface area (TPSA) is 84.9 Å². The van der Waals surface area contributed by atoms with Crippen molar-refractivity contribution in [3.63, 3.8) is 0 Å². The van der Waals surface area contributed by atoms with E-state index in [0.29, 0.717) is 39.0 Å². The number of carbonyl (C=O) groups excluding carboxylic acids is 1. The first-order valence-electron chi connectivity index (χ1n) is 10.5. The highest BCUT2D eigenvalue weighted by Gasteiger charge is 2.32. The normalized spacial score (nSPS) is 17.2. The molecule has 2 aliphatic rings. The number of carbonyl (C=O) groups is 1. The summed E-state index contributed by atoms with van der Waals surface area (Å²) in [5.74, 6) is 0.449. The number of hydrogen-bond acceptors (Lipinski definition) is 5. The number of nitrogens with one attached hydrogen (secondary N) is 1. The van der Waals surface area contributed by atoms with E-state index in [1.165, 1.54) is 10.4 Å². The Labute approximate surface area is 191 Å². The fourth-order valence-electron chi connectivity index (χ4n) is 3.86. The second-order valence-electron chi connectivity index (χ2n) is 7.77. The van der Waals surface area contributed by atoms with Gasteiger partial charge >= 0.3 is 0 Å². The molecule has 1 N–H and O–H groups in total. The van der Waals surface area contributed by atoms with Gasteiger partial charge in [-0.3, -0.25) is 4.79 Å². The third-order valence-corrected chi connectivity index (χ3v) is 7.86. The molecule has 172 valence electrons. The van der Waals surface area contributed by atoms with Crippen molar-refractivity contribution in [3.8, 4) is 11.5 Å². The summed E-state index contributed by atoms with van der Waals surface area (Å²) in [5, 5.41) is 2.70. The Balaban J connectivity index is 1.26. The van der Waals surface area contributed by atoms with Crippen molar-refractivity contribution in [2.45, 2.75) is 24.2 Å². The van der Waals surface area contributed by atoms with Crippen LogP contribution in [0.15, 0.2) is 41.3 Å². The van der Waals surface area contributed by atoms with Crippen molar-refractivity contribution in [2.75, 3.05) is 32.8 Å². The largest absolute Gasteiger partial charge is 0.486 e. The summed E-state index contributed by atoms with van der Waals surface area (Å²) in [4.78, 5) is 12.5. The van der Waals surface area contributed by atoms with E-state index in [1.807, 2.05) is 18.2 Å². The van der Waals surface area contributed by atoms with Gasteiger partial charge < -0.3 is 14.8 Å². The smallest absolute Gasteiger partial charge is 0.243 e. The lowest BCUT2D eigenvalue weighted by atomic mass is 9.97. The van der Waals surface area contributed by atoms with Crippen LogP contribution in [-0.2, 0) is 21.2 Å². The first-order valence-corrected chi connectivity index (χ1v) is 12.3. The molecule has 0 spiro atoms. The molecule has 0 aliphatic carbocycles. The lowest BCUT2D eigenvalue weighted by Crippen LogP contribution is -2.43. The first-order chi connectivity index (χ1) is 15.3. The van der Waals surface area contributed by atoms with Gasteiger partial charge in [0.05, 0.1) is 9.92 Å². The fraction of sp³-hybridized carbons (Fsp3) is 0.409. The molecule has 32 heavy (non-hydrogen) atoms. The molecular formula is C22H24ClFN2O5S. The molecule has 2 aromatic rings. The maximum absolute atomic E-state index is 13.4. The Bertz CT molecular complexity index is 1100. The third kappa shape index (κ3) is 5.00. The molecule has 4 rings (SSSR count). The lowest BCUT2D eigenvalue weighted by molar-refractivity contribution is -0.126. The Morgan fingerprint density at radius 1 is 1.09 bits per heavy atom. The summed E-state index contributed by atoms with van der Waals surface area (Å²) < 4.78 is 51.3. The van der Waals surface area contributed by atoms with Gasteiger partial charge in [0.1, 0.15) is 19.0 Å². The minimum atomic E-state index is -3.78. The van der Waals surface area contributed by atoms with Crippen LogP contribution in [0.5, 0.6) is 11.5 Å². The number of fused-ring (bicyclic) bond motifs is 1. The van der Waals surface area contributed by atoms with Gasteiger partial charge in [-0.1, -0.05) is 17.7 Å². The van der Waals surface area contributed by atoms with E-state index in [0.717, 1.165) is 29.2 Å². The zero-order chi connectivity index (χ0) is 22.7. The second-order valence-corrected chi connectivity index (χ2v) is 10.1. The third-order valence-electron chi connectivity index (χ3n) is 5.67. The SMILES string of the molecule is O=C(NCCc1ccc2c(c1)OCCO2)C1CCN(S(=O)(=O)c2ccc(F)c(Cl)c2)CC1. The number of benzene rings is 2. The van der Waals surface area contributed by atoms with Crippen LogP contribution in [0.3, 0.4) is 0 Å². The number of nitrogens with zero attached hydrogens (tertiary/aromatic N) is 1. The minimum absolute atomic E-state index is 0.0498. The summed E-state index contributed by atoms with van der Waals surface area (Å²) in [6.07, 6.45) is 1.49. The molecule has 0 bridgehead atoms. The summed E-state index contributed by atoms with van der Waals surface area (Å²) in [7, 11) is -3.78. The Morgan fingerprint density at radius 3 is 2.53 bits per heavy atom. The van der Waals surface area contributed by atoms with Crippen LogP contribution in [0.4, 0.5) is 4.39 Å². The molecule has 2 heterocycles. The molecule has 0 unspecified atom stereocenters. The first kappa shape index (κ1) is 22.8. The van der Waals surface area contributed by atoms with Gasteiger partial charge in [-0.25, -0.2) is 12.8 Å². The van der Waals surface area contributed by atoms with Crippen LogP contribution in [-0.4, -0.2) is 51.5 Å². The monoisotopic (exact) mass is 482 g/mol. The quantitative estimate of drug-likeness (QED) is 0.684. The van der Waals surface area contributed by atoms with Crippen LogP contribution in [0, 0.1) is 11.7 Å². The van der Waals surface area contributed by atoms with Crippen LogP contribution in [0.2, 0.25) is 5.02 Å². The Kier molecular flexibility index (Phi) is 6.88. The van der Waals surface area contributed by atoms with Gasteiger partial charge in [-0.15, -0.1) is 0 Å². The molecule has 0 saturated carbocycles. The molecule has 7 nitrogen and oxygen atoms in total. The van der Waals surface area contributed by atoms with Crippen molar-refractivity contribution in [1.29, 1.82) is 0 Å². The molecule has 0 radical (unpaired) electrons. The maximum atomic E-state index is 13.4. The van der Waals surface area contributed by atoms with E-state index in [9.17, 15) is 17.6 Å². The van der Waals surface area contributed by atoms with Crippen LogP contribution in [0.25, 0.3) is 0 Å². The van der Waals surface area contributed by atoms with E-state index < -0.39 is 15.8 Å². The highest BCUT2D eigenvalue weighted by molar-refractivity contribution is 7.89. The molecule has 10 heteroatoms. The number of ether oxygens (including phenoxy) is 2. The molecular weight excluding hydrogens is 459 g/mol. The van der Waals surface area contributed by atoms with Gasteiger partial charge in [-0.2, -0.15) is 4.31 Å². The average molecular weight is 483 g/mol. The van der Waals surface area contributed by atoms with E-state index in [4.69, 9.17) is 21.1 Å². The summed E-state index contributed by atoms with van der Waals surface area (Å²) in [6.45, 7) is 1.98. The van der Waals surface area contributed by atoms with Crippen molar-refractivity contribution in [1.82, 2.24) is 9.62 Å². The number of rotatable bonds is 6. The summed E-state index contributed by atoms with van der Waals surface area (Å²) in [5.41, 5.74) is 1.04. The van der Waals surface area contributed by atoms with E-state index in [-0.39, 0.29) is 34.8 Å². The van der Waals surface area contributed by atoms with Crippen LogP contribution in [0.1, 0.15) is 18.4 Å². The number of amides is 1. The zero-order valence-corrected chi connectivity index (χ0v) is 18.9. The number of hydrogen-bond donors (Lipinski definition) is 1. The Hall–Kier alpha value is -2.36. The van der Waals surface area contributed by atoms with Gasteiger partial charge in [-0.05, 0) is 55.2 Å². The number of piperidine rings is 1. The molecule has 1 amide bonds. The molecule has 1 fully saturated rings. The predicted octanol–water partition coefficient (Wildman–Crippen LogP) is 3.01. The molecule has 0 aromatic heterocycles. The van der Waals surface area contributed by atoms with Crippen LogP contribution >= 0.6 is 11.6 Å². The van der Waals surface area contributed by atoms with Gasteiger partial charge in [0, 0.05) is 25.6 Å². The standard InChI is InChI=1S/C22H24ClFN2O5S/c23-18-14-17(2-3-19(18)24)32(28,29)26-9-6-16(7-10-26)22(27)25-8-5-15-1-4-20-21(13-15)31-12-11-30-20/h1-4,13-14,16H,5-12H2,(H,25,27). The maximum Gasteiger partial charge on any atom is 0.243 e. The average Bonchev–Trinajstić information content (AvgIpc) is 2.80. The zero-order valence-electron chi connectivity index (χ0n) is 17.4. The minimum Gasteiger partial charge on any atom is -0.486 e. The van der Waals surface area contributed by atoms with E-state index in [1.54, 1.807) is 0 Å². The fourth-order valence-corrected chi connectivity index (χ4v) is 5.60. The van der Waals surface area contributed by atoms with Crippen molar-refractivity contribution in [2.24, 2.45) is 5.92 Å². The molecule has 0 atom stereocenters. The van der Waals surface area contributed by atoms with E-state index >= 15 is 0 Å². The number of sulfonamides is 1. The molecule has 2 aliphatic heterocycles.